The molecule has 0 amide bonds. The molecule has 9 atom stereocenters. The summed E-state index contributed by atoms with van der Waals surface area (Å²) in [6, 6.07) is 2.10. The number of hydrogen-bond acceptors (Lipinski definition) is 6. The van der Waals surface area contributed by atoms with Crippen LogP contribution in [-0.2, 0) is 14.3 Å². The molecule has 196 valence electrons. The van der Waals surface area contributed by atoms with Gasteiger partial charge in [0, 0.05) is 12.3 Å². The zero-order valence-corrected chi connectivity index (χ0v) is 21.6. The summed E-state index contributed by atoms with van der Waals surface area (Å²) < 4.78 is 5.77. The largest absolute Gasteiger partial charge is 0.481 e. The first-order valence-corrected chi connectivity index (χ1v) is 13.1. The van der Waals surface area contributed by atoms with Crippen molar-refractivity contribution in [2.45, 2.75) is 97.4 Å². The van der Waals surface area contributed by atoms with Gasteiger partial charge in [-0.05, 0) is 61.9 Å². The standard InChI is InChI=1S/C28H43NO6/c1-17-12-18(2)14-20(4)27(32)21(16-29)8-5-6-11-25(22-9-7-10-23(22)28(33)34)35-26(31)15-24(30)19(3)13-17/h5-6,8,17-20,22-25,27,30,32H,7,9-15H2,1-4H3,(H,33,34)/b6-5-,21-8-. The molecule has 7 nitrogen and oxygen atoms in total. The number of nitriles is 1. The van der Waals surface area contributed by atoms with Gasteiger partial charge in [0.05, 0.1) is 36.2 Å². The second kappa shape index (κ2) is 13.8. The van der Waals surface area contributed by atoms with Crippen molar-refractivity contribution in [1.29, 1.82) is 5.26 Å². The summed E-state index contributed by atoms with van der Waals surface area (Å²) in [7, 11) is 0. The molecule has 1 heterocycles. The highest BCUT2D eigenvalue weighted by atomic mass is 16.5. The summed E-state index contributed by atoms with van der Waals surface area (Å²) in [4.78, 5) is 24.5. The molecule has 0 spiro atoms. The van der Waals surface area contributed by atoms with E-state index in [9.17, 15) is 30.2 Å². The Kier molecular flexibility index (Phi) is 11.5. The van der Waals surface area contributed by atoms with Crippen molar-refractivity contribution in [3.63, 3.8) is 0 Å². The summed E-state index contributed by atoms with van der Waals surface area (Å²) >= 11 is 0. The highest BCUT2D eigenvalue weighted by Gasteiger charge is 2.39. The van der Waals surface area contributed by atoms with Gasteiger partial charge in [0.2, 0.25) is 0 Å². The number of nitrogens with zero attached hydrogens (tertiary/aromatic N) is 1. The number of hydrogen-bond donors (Lipinski definition) is 3. The Balaban J connectivity index is 2.30. The van der Waals surface area contributed by atoms with Gasteiger partial charge in [0.15, 0.2) is 0 Å². The minimum Gasteiger partial charge on any atom is -0.481 e. The molecule has 0 aromatic rings. The number of aliphatic hydroxyl groups excluding tert-OH is 2. The third-order valence-corrected chi connectivity index (χ3v) is 7.80. The van der Waals surface area contributed by atoms with Crippen molar-refractivity contribution in [1.82, 2.24) is 0 Å². The van der Waals surface area contributed by atoms with Gasteiger partial charge in [-0.2, -0.15) is 5.26 Å². The Hall–Kier alpha value is -2.17. The fraction of sp³-hybridized carbons (Fsp3) is 0.750. The number of carboxylic acids is 1. The normalized spacial score (nSPS) is 40.9. The van der Waals surface area contributed by atoms with E-state index < -0.39 is 36.2 Å². The number of aliphatic hydroxyl groups is 2. The number of carbonyl (C=O) groups excluding carboxylic acids is 1. The van der Waals surface area contributed by atoms with Crippen LogP contribution in [0.15, 0.2) is 23.8 Å². The molecule has 9 unspecified atom stereocenters. The molecule has 1 fully saturated rings. The van der Waals surface area contributed by atoms with Gasteiger partial charge in [-0.25, -0.2) is 0 Å². The third kappa shape index (κ3) is 8.77. The molecule has 0 radical (unpaired) electrons. The summed E-state index contributed by atoms with van der Waals surface area (Å²) in [6.45, 7) is 8.16. The Morgan fingerprint density at radius 3 is 2.34 bits per heavy atom. The SMILES string of the molecule is CC1CC(C)CC(C)C(O)/C(C#N)=C\C=C/CC(C2CCCC2C(=O)O)OC(=O)CC(O)C(C)C1. The van der Waals surface area contributed by atoms with Gasteiger partial charge in [-0.15, -0.1) is 0 Å². The van der Waals surface area contributed by atoms with Crippen molar-refractivity contribution in [2.75, 3.05) is 0 Å². The van der Waals surface area contributed by atoms with Crippen LogP contribution in [-0.4, -0.2) is 45.6 Å². The maximum atomic E-state index is 12.7. The van der Waals surface area contributed by atoms with E-state index in [1.807, 2.05) is 13.8 Å². The maximum absolute atomic E-state index is 12.7. The molecular weight excluding hydrogens is 446 g/mol. The molecule has 0 aromatic carbocycles. The van der Waals surface area contributed by atoms with E-state index in [1.165, 1.54) is 0 Å². The lowest BCUT2D eigenvalue weighted by molar-refractivity contribution is -0.159. The molecular formula is C28H43NO6. The van der Waals surface area contributed by atoms with Crippen LogP contribution in [0.25, 0.3) is 0 Å². The van der Waals surface area contributed by atoms with Gasteiger partial charge in [0.25, 0.3) is 0 Å². The molecule has 0 saturated heterocycles. The van der Waals surface area contributed by atoms with Crippen LogP contribution >= 0.6 is 0 Å². The molecule has 1 aliphatic heterocycles. The van der Waals surface area contributed by atoms with Gasteiger partial charge >= 0.3 is 11.9 Å². The first-order valence-electron chi connectivity index (χ1n) is 13.1. The second-order valence-corrected chi connectivity index (χ2v) is 11.1. The van der Waals surface area contributed by atoms with E-state index in [0.717, 1.165) is 25.7 Å². The van der Waals surface area contributed by atoms with E-state index in [1.54, 1.807) is 18.2 Å². The zero-order chi connectivity index (χ0) is 26.1. The lowest BCUT2D eigenvalue weighted by Gasteiger charge is -2.28. The fourth-order valence-electron chi connectivity index (χ4n) is 5.97. The van der Waals surface area contributed by atoms with Crippen molar-refractivity contribution in [2.24, 2.45) is 35.5 Å². The van der Waals surface area contributed by atoms with Crippen LogP contribution in [0.4, 0.5) is 0 Å². The maximum Gasteiger partial charge on any atom is 0.308 e. The van der Waals surface area contributed by atoms with Crippen molar-refractivity contribution >= 4 is 11.9 Å². The van der Waals surface area contributed by atoms with E-state index in [0.29, 0.717) is 31.1 Å². The number of cyclic esters (lactones) is 1. The number of esters is 1. The monoisotopic (exact) mass is 489 g/mol. The summed E-state index contributed by atoms with van der Waals surface area (Å²) in [6.07, 6.45) is 7.33. The van der Waals surface area contributed by atoms with Crippen LogP contribution < -0.4 is 0 Å². The molecule has 2 rings (SSSR count). The predicted octanol–water partition coefficient (Wildman–Crippen LogP) is 4.64. The molecule has 35 heavy (non-hydrogen) atoms. The van der Waals surface area contributed by atoms with Crippen molar-refractivity contribution in [3.05, 3.63) is 23.8 Å². The number of carboxylic acid groups (broad SMARTS) is 1. The molecule has 0 bridgehead atoms. The summed E-state index contributed by atoms with van der Waals surface area (Å²) in [5.74, 6) is -1.77. The van der Waals surface area contributed by atoms with Crippen LogP contribution in [0.3, 0.4) is 0 Å². The lowest BCUT2D eigenvalue weighted by Crippen LogP contribution is -2.34. The molecule has 2 aliphatic rings. The highest BCUT2D eigenvalue weighted by Crippen LogP contribution is 2.37. The van der Waals surface area contributed by atoms with Gasteiger partial charge in [-0.3, -0.25) is 9.59 Å². The van der Waals surface area contributed by atoms with E-state index in [2.05, 4.69) is 19.9 Å². The summed E-state index contributed by atoms with van der Waals surface area (Å²) in [5, 5.41) is 40.6. The van der Waals surface area contributed by atoms with Crippen LogP contribution in [0.2, 0.25) is 0 Å². The lowest BCUT2D eigenvalue weighted by atomic mass is 9.82. The molecule has 1 saturated carbocycles. The second-order valence-electron chi connectivity index (χ2n) is 11.1. The van der Waals surface area contributed by atoms with Crippen LogP contribution in [0.1, 0.15) is 79.1 Å². The van der Waals surface area contributed by atoms with Crippen LogP contribution in [0, 0.1) is 46.8 Å². The minimum absolute atomic E-state index is 0.0816. The van der Waals surface area contributed by atoms with Crippen LogP contribution in [0.5, 0.6) is 0 Å². The van der Waals surface area contributed by atoms with Gasteiger partial charge in [0.1, 0.15) is 6.10 Å². The molecule has 3 N–H and O–H groups in total. The van der Waals surface area contributed by atoms with Gasteiger partial charge in [-0.1, -0.05) is 46.3 Å². The van der Waals surface area contributed by atoms with Gasteiger partial charge < -0.3 is 20.1 Å². The topological polar surface area (TPSA) is 128 Å². The number of carbonyl (C=O) groups is 2. The molecule has 7 heteroatoms. The quantitative estimate of drug-likeness (QED) is 0.482. The minimum atomic E-state index is -0.882. The average Bonchev–Trinajstić information content (AvgIpc) is 3.27. The first-order chi connectivity index (χ1) is 16.5. The zero-order valence-electron chi connectivity index (χ0n) is 21.6. The Morgan fingerprint density at radius 1 is 1.06 bits per heavy atom. The molecule has 1 aliphatic carbocycles. The fourth-order valence-corrected chi connectivity index (χ4v) is 5.97. The third-order valence-electron chi connectivity index (χ3n) is 7.80. The smallest absolute Gasteiger partial charge is 0.308 e. The number of aliphatic carboxylic acids is 1. The van der Waals surface area contributed by atoms with E-state index in [-0.39, 0.29) is 29.7 Å². The first kappa shape index (κ1) is 29.1. The molecule has 0 aromatic heterocycles. The number of allylic oxidation sites excluding steroid dienone is 2. The van der Waals surface area contributed by atoms with E-state index in [4.69, 9.17) is 4.74 Å². The average molecular weight is 490 g/mol. The number of ether oxygens (including phenoxy) is 1. The Bertz CT molecular complexity index is 815. The summed E-state index contributed by atoms with van der Waals surface area (Å²) in [5.41, 5.74) is 0.282. The van der Waals surface area contributed by atoms with Crippen molar-refractivity contribution < 1.29 is 29.6 Å². The highest BCUT2D eigenvalue weighted by molar-refractivity contribution is 5.72. The van der Waals surface area contributed by atoms with Crippen molar-refractivity contribution in [3.8, 4) is 6.07 Å². The van der Waals surface area contributed by atoms with E-state index >= 15 is 0 Å². The predicted molar refractivity (Wildman–Crippen MR) is 133 cm³/mol. The Labute approximate surface area is 209 Å². The number of rotatable bonds is 2. The Morgan fingerprint density at radius 2 is 1.71 bits per heavy atom.